The number of carbonyl (C=O) groups excluding carboxylic acids is 3. The number of nitrogens with zero attached hydrogens (tertiary/aromatic N) is 1. The number of rotatable bonds is 8. The molecule has 0 aliphatic carbocycles. The van der Waals surface area contributed by atoms with Crippen LogP contribution in [-0.2, 0) is 20.7 Å². The Morgan fingerprint density at radius 3 is 2.48 bits per heavy atom. The third-order valence-corrected chi connectivity index (χ3v) is 5.59. The summed E-state index contributed by atoms with van der Waals surface area (Å²) in [4.78, 5) is 38.0. The molecular formula is C23H34BrN3O4. The van der Waals surface area contributed by atoms with Gasteiger partial charge in [0, 0.05) is 43.5 Å². The molecule has 31 heavy (non-hydrogen) atoms. The Morgan fingerprint density at radius 1 is 1.13 bits per heavy atom. The van der Waals surface area contributed by atoms with Crippen molar-refractivity contribution >= 4 is 33.8 Å². The van der Waals surface area contributed by atoms with E-state index in [1.54, 1.807) is 20.8 Å². The number of piperidine rings is 1. The molecule has 8 heteroatoms. The first-order chi connectivity index (χ1) is 14.6. The minimum absolute atomic E-state index is 0.0939. The van der Waals surface area contributed by atoms with Crippen molar-refractivity contribution in [2.24, 2.45) is 5.92 Å². The molecule has 0 saturated carbocycles. The Kier molecular flexibility index (Phi) is 9.81. The molecule has 1 fully saturated rings. The zero-order valence-corrected chi connectivity index (χ0v) is 20.3. The SMILES string of the molecule is CC(C)(C)OC(=O)NCCC(=O)NCC1CCN(C(=O)CCc2cccc(Br)c2)CC1. The highest BCUT2D eigenvalue weighted by molar-refractivity contribution is 9.10. The summed E-state index contributed by atoms with van der Waals surface area (Å²) < 4.78 is 6.16. The van der Waals surface area contributed by atoms with E-state index in [2.05, 4.69) is 26.6 Å². The van der Waals surface area contributed by atoms with Crippen LogP contribution in [0.3, 0.4) is 0 Å². The van der Waals surface area contributed by atoms with Crippen molar-refractivity contribution in [2.45, 2.75) is 58.5 Å². The quantitative estimate of drug-likeness (QED) is 0.575. The Morgan fingerprint density at radius 2 is 1.84 bits per heavy atom. The van der Waals surface area contributed by atoms with E-state index in [4.69, 9.17) is 4.74 Å². The maximum absolute atomic E-state index is 12.5. The second-order valence-corrected chi connectivity index (χ2v) is 9.85. The van der Waals surface area contributed by atoms with Gasteiger partial charge in [0.25, 0.3) is 0 Å². The number of hydrogen-bond acceptors (Lipinski definition) is 4. The molecule has 0 radical (unpaired) electrons. The van der Waals surface area contributed by atoms with Crippen molar-refractivity contribution in [1.82, 2.24) is 15.5 Å². The van der Waals surface area contributed by atoms with Gasteiger partial charge in [-0.1, -0.05) is 28.1 Å². The highest BCUT2D eigenvalue weighted by Gasteiger charge is 2.23. The smallest absolute Gasteiger partial charge is 0.407 e. The normalized spacial score (nSPS) is 14.8. The lowest BCUT2D eigenvalue weighted by atomic mass is 9.96. The van der Waals surface area contributed by atoms with E-state index in [0.29, 0.717) is 18.9 Å². The van der Waals surface area contributed by atoms with E-state index < -0.39 is 11.7 Å². The molecule has 172 valence electrons. The Bertz CT molecular complexity index is 755. The Labute approximate surface area is 193 Å². The van der Waals surface area contributed by atoms with Gasteiger partial charge in [-0.15, -0.1) is 0 Å². The summed E-state index contributed by atoms with van der Waals surface area (Å²) in [6.07, 6.45) is 2.73. The summed E-state index contributed by atoms with van der Waals surface area (Å²) in [5.74, 6) is 0.469. The molecular weight excluding hydrogens is 462 g/mol. The van der Waals surface area contributed by atoms with Gasteiger partial charge >= 0.3 is 6.09 Å². The zero-order chi connectivity index (χ0) is 22.9. The van der Waals surface area contributed by atoms with Crippen molar-refractivity contribution in [2.75, 3.05) is 26.2 Å². The third-order valence-electron chi connectivity index (χ3n) is 5.09. The highest BCUT2D eigenvalue weighted by atomic mass is 79.9. The molecule has 2 N–H and O–H groups in total. The second kappa shape index (κ2) is 12.1. The Balaban J connectivity index is 1.58. The van der Waals surface area contributed by atoms with Gasteiger partial charge in [-0.3, -0.25) is 9.59 Å². The fraction of sp³-hybridized carbons (Fsp3) is 0.609. The lowest BCUT2D eigenvalue weighted by molar-refractivity contribution is -0.132. The number of halogens is 1. The predicted molar refractivity (Wildman–Crippen MR) is 124 cm³/mol. The zero-order valence-electron chi connectivity index (χ0n) is 18.7. The summed E-state index contributed by atoms with van der Waals surface area (Å²) in [6.45, 7) is 7.69. The largest absolute Gasteiger partial charge is 0.444 e. The van der Waals surface area contributed by atoms with Crippen LogP contribution < -0.4 is 10.6 Å². The number of ether oxygens (including phenoxy) is 1. The number of aryl methyl sites for hydroxylation is 1. The third kappa shape index (κ3) is 10.2. The molecule has 1 aliphatic heterocycles. The van der Waals surface area contributed by atoms with Crippen LogP contribution in [0, 0.1) is 5.92 Å². The molecule has 1 aromatic carbocycles. The van der Waals surface area contributed by atoms with E-state index in [0.717, 1.165) is 42.4 Å². The summed E-state index contributed by atoms with van der Waals surface area (Å²) in [5, 5.41) is 5.52. The van der Waals surface area contributed by atoms with Gasteiger partial charge in [0.05, 0.1) is 0 Å². The molecule has 1 aromatic rings. The second-order valence-electron chi connectivity index (χ2n) is 8.94. The average Bonchev–Trinajstić information content (AvgIpc) is 2.69. The summed E-state index contributed by atoms with van der Waals surface area (Å²) in [5.41, 5.74) is 0.600. The van der Waals surface area contributed by atoms with Crippen molar-refractivity contribution in [3.8, 4) is 0 Å². The molecule has 3 amide bonds. The van der Waals surface area contributed by atoms with Crippen molar-refractivity contribution < 1.29 is 19.1 Å². The first-order valence-electron chi connectivity index (χ1n) is 10.9. The summed E-state index contributed by atoms with van der Waals surface area (Å²) in [6, 6.07) is 8.05. The van der Waals surface area contributed by atoms with Crippen molar-refractivity contribution in [1.29, 1.82) is 0 Å². The van der Waals surface area contributed by atoms with Crippen LogP contribution >= 0.6 is 15.9 Å². The van der Waals surface area contributed by atoms with E-state index in [-0.39, 0.29) is 24.8 Å². The van der Waals surface area contributed by atoms with E-state index in [1.807, 2.05) is 29.2 Å². The lowest BCUT2D eigenvalue weighted by Gasteiger charge is -2.32. The molecule has 1 heterocycles. The van der Waals surface area contributed by atoms with Gasteiger partial charge in [0.1, 0.15) is 5.60 Å². The number of hydrogen-bond donors (Lipinski definition) is 2. The molecule has 0 atom stereocenters. The summed E-state index contributed by atoms with van der Waals surface area (Å²) in [7, 11) is 0. The predicted octanol–water partition coefficient (Wildman–Crippen LogP) is 3.65. The first kappa shape index (κ1) is 25.2. The molecule has 7 nitrogen and oxygen atoms in total. The van der Waals surface area contributed by atoms with Gasteiger partial charge in [-0.05, 0) is 63.6 Å². The van der Waals surface area contributed by atoms with Crippen LogP contribution in [0.2, 0.25) is 0 Å². The summed E-state index contributed by atoms with van der Waals surface area (Å²) >= 11 is 3.46. The molecule has 0 unspecified atom stereocenters. The highest BCUT2D eigenvalue weighted by Crippen LogP contribution is 2.18. The standard InChI is InChI=1S/C23H34BrN3O4/c1-23(2,3)31-22(30)25-12-9-20(28)26-16-18-10-13-27(14-11-18)21(29)8-7-17-5-4-6-19(24)15-17/h4-6,15,18H,7-14,16H2,1-3H3,(H,25,30)(H,26,28). The number of alkyl carbamates (subject to hydrolysis) is 1. The van der Waals surface area contributed by atoms with Crippen molar-refractivity contribution in [3.05, 3.63) is 34.3 Å². The topological polar surface area (TPSA) is 87.7 Å². The maximum atomic E-state index is 12.5. The van der Waals surface area contributed by atoms with E-state index in [1.165, 1.54) is 0 Å². The van der Waals surface area contributed by atoms with Crippen LogP contribution in [0.1, 0.15) is 52.0 Å². The number of likely N-dealkylation sites (tertiary alicyclic amines) is 1. The monoisotopic (exact) mass is 495 g/mol. The fourth-order valence-electron chi connectivity index (χ4n) is 3.43. The van der Waals surface area contributed by atoms with E-state index in [9.17, 15) is 14.4 Å². The average molecular weight is 496 g/mol. The molecule has 0 spiro atoms. The molecule has 2 rings (SSSR count). The fourth-order valence-corrected chi connectivity index (χ4v) is 3.87. The van der Waals surface area contributed by atoms with Gasteiger partial charge in [0.2, 0.25) is 11.8 Å². The molecule has 1 aliphatic rings. The van der Waals surface area contributed by atoms with Crippen LogP contribution in [0.15, 0.2) is 28.7 Å². The van der Waals surface area contributed by atoms with Crippen molar-refractivity contribution in [3.63, 3.8) is 0 Å². The van der Waals surface area contributed by atoms with Gasteiger partial charge in [0.15, 0.2) is 0 Å². The number of amides is 3. The number of benzene rings is 1. The first-order valence-corrected chi connectivity index (χ1v) is 11.7. The lowest BCUT2D eigenvalue weighted by Crippen LogP contribution is -2.42. The van der Waals surface area contributed by atoms with Crippen LogP contribution in [0.4, 0.5) is 4.79 Å². The number of carbonyl (C=O) groups is 3. The van der Waals surface area contributed by atoms with Gasteiger partial charge in [-0.2, -0.15) is 0 Å². The number of nitrogens with one attached hydrogen (secondary N) is 2. The molecule has 1 saturated heterocycles. The molecule has 0 bridgehead atoms. The van der Waals surface area contributed by atoms with Gasteiger partial charge < -0.3 is 20.3 Å². The van der Waals surface area contributed by atoms with E-state index >= 15 is 0 Å². The maximum Gasteiger partial charge on any atom is 0.407 e. The Hall–Kier alpha value is -2.09. The molecule has 0 aromatic heterocycles. The minimum Gasteiger partial charge on any atom is -0.444 e. The van der Waals surface area contributed by atoms with Crippen LogP contribution in [-0.4, -0.2) is 54.6 Å². The van der Waals surface area contributed by atoms with Crippen LogP contribution in [0.25, 0.3) is 0 Å². The van der Waals surface area contributed by atoms with Gasteiger partial charge in [-0.25, -0.2) is 4.79 Å². The van der Waals surface area contributed by atoms with Crippen LogP contribution in [0.5, 0.6) is 0 Å². The minimum atomic E-state index is -0.554.